The molecular formula is C25H24F3NO4S. The van der Waals surface area contributed by atoms with E-state index in [9.17, 15) is 22.2 Å². The Morgan fingerprint density at radius 2 is 1.97 bits per heavy atom. The predicted octanol–water partition coefficient (Wildman–Crippen LogP) is 6.06. The van der Waals surface area contributed by atoms with Gasteiger partial charge in [0, 0.05) is 12.5 Å². The van der Waals surface area contributed by atoms with Crippen LogP contribution in [-0.2, 0) is 11.0 Å². The number of amides is 1. The number of nitrogens with one attached hydrogen (secondary N) is 1. The lowest BCUT2D eigenvalue weighted by Gasteiger charge is -2.14. The Balaban J connectivity index is 1.36. The summed E-state index contributed by atoms with van der Waals surface area (Å²) in [5.74, 6) is -4.45. The molecule has 2 saturated carbocycles. The first kappa shape index (κ1) is 23.0. The van der Waals surface area contributed by atoms with Crippen molar-refractivity contribution in [1.29, 1.82) is 0 Å². The van der Waals surface area contributed by atoms with Gasteiger partial charge < -0.3 is 9.15 Å². The summed E-state index contributed by atoms with van der Waals surface area (Å²) in [4.78, 5) is 12.9. The smallest absolute Gasteiger partial charge is 0.298 e. The van der Waals surface area contributed by atoms with E-state index in [0.29, 0.717) is 5.92 Å². The van der Waals surface area contributed by atoms with E-state index in [-0.39, 0.29) is 46.3 Å². The molecule has 9 heteroatoms. The summed E-state index contributed by atoms with van der Waals surface area (Å²) in [7, 11) is -2.06. The SMILES string of the molecule is CC(C)c1ccc(OCC2CC2(F)F)c(S(=O)NC(=O)c2cc3c(F)cc(C4CC4)cc3o2)c1. The Kier molecular flexibility index (Phi) is 5.70. The first-order valence-corrected chi connectivity index (χ1v) is 12.4. The zero-order valence-electron chi connectivity index (χ0n) is 18.7. The third-order valence-electron chi connectivity index (χ3n) is 6.30. The van der Waals surface area contributed by atoms with Crippen LogP contribution in [0.1, 0.15) is 66.6 Å². The average molecular weight is 492 g/mol. The number of ether oxygens (including phenoxy) is 1. The molecule has 0 saturated heterocycles. The van der Waals surface area contributed by atoms with Gasteiger partial charge in [-0.25, -0.2) is 17.4 Å². The standard InChI is InChI=1S/C25H24F3NO4S/c1-13(2)15-5-6-20(32-12-17-11-25(17,27)28)23(9-15)34(31)29-24(30)22-10-18-19(26)7-16(14-3-4-14)8-21(18)33-22/h5-10,13-14,17H,3-4,11-12H2,1-2H3,(H,29,30). The minimum absolute atomic E-state index is 0.104. The zero-order valence-corrected chi connectivity index (χ0v) is 19.5. The van der Waals surface area contributed by atoms with Crippen molar-refractivity contribution in [2.45, 2.75) is 55.8 Å². The largest absolute Gasteiger partial charge is 0.492 e. The van der Waals surface area contributed by atoms with Gasteiger partial charge >= 0.3 is 0 Å². The fourth-order valence-electron chi connectivity index (χ4n) is 3.86. The van der Waals surface area contributed by atoms with Crippen LogP contribution < -0.4 is 9.46 Å². The van der Waals surface area contributed by atoms with Gasteiger partial charge in [-0.1, -0.05) is 19.9 Å². The van der Waals surface area contributed by atoms with Crippen LogP contribution in [0.15, 0.2) is 45.7 Å². The second-order valence-corrected chi connectivity index (χ2v) is 10.5. The van der Waals surface area contributed by atoms with Gasteiger partial charge in [0.1, 0.15) is 22.0 Å². The summed E-state index contributed by atoms with van der Waals surface area (Å²) >= 11 is 0. The van der Waals surface area contributed by atoms with Crippen molar-refractivity contribution in [3.05, 3.63) is 59.1 Å². The van der Waals surface area contributed by atoms with E-state index in [4.69, 9.17) is 9.15 Å². The molecule has 3 aromatic rings. The molecule has 5 rings (SSSR count). The molecule has 0 radical (unpaired) electrons. The minimum Gasteiger partial charge on any atom is -0.492 e. The van der Waals surface area contributed by atoms with Gasteiger partial charge in [-0.3, -0.25) is 9.52 Å². The van der Waals surface area contributed by atoms with E-state index in [1.807, 2.05) is 13.8 Å². The molecule has 34 heavy (non-hydrogen) atoms. The normalized spacial score (nSPS) is 19.9. The van der Waals surface area contributed by atoms with Crippen LogP contribution in [0.4, 0.5) is 13.2 Å². The zero-order chi connectivity index (χ0) is 24.2. The molecule has 1 aromatic heterocycles. The van der Waals surface area contributed by atoms with E-state index in [1.54, 1.807) is 24.3 Å². The highest BCUT2D eigenvalue weighted by Gasteiger charge is 2.57. The van der Waals surface area contributed by atoms with E-state index >= 15 is 0 Å². The fourth-order valence-corrected chi connectivity index (χ4v) is 4.79. The number of hydrogen-bond acceptors (Lipinski definition) is 4. The molecule has 0 spiro atoms. The van der Waals surface area contributed by atoms with Crippen molar-refractivity contribution in [3.63, 3.8) is 0 Å². The molecule has 1 N–H and O–H groups in total. The molecule has 5 nitrogen and oxygen atoms in total. The lowest BCUT2D eigenvalue weighted by Crippen LogP contribution is -2.26. The number of halogens is 3. The first-order chi connectivity index (χ1) is 16.1. The highest BCUT2D eigenvalue weighted by molar-refractivity contribution is 7.83. The number of rotatable bonds is 8. The minimum atomic E-state index is -2.73. The lowest BCUT2D eigenvalue weighted by atomic mass is 10.0. The van der Waals surface area contributed by atoms with Crippen LogP contribution in [0.2, 0.25) is 0 Å². The monoisotopic (exact) mass is 491 g/mol. The lowest BCUT2D eigenvalue weighted by molar-refractivity contribution is 0.0852. The molecule has 2 aromatic carbocycles. The number of furan rings is 1. The number of carbonyl (C=O) groups excluding carboxylic acids is 1. The highest BCUT2D eigenvalue weighted by atomic mass is 32.2. The summed E-state index contributed by atoms with van der Waals surface area (Å²) in [6.07, 6.45) is 1.75. The van der Waals surface area contributed by atoms with Crippen molar-refractivity contribution in [2.24, 2.45) is 5.92 Å². The van der Waals surface area contributed by atoms with Crippen molar-refractivity contribution in [1.82, 2.24) is 4.72 Å². The second kappa shape index (κ2) is 8.45. The maximum atomic E-state index is 14.5. The molecule has 1 heterocycles. The average Bonchev–Trinajstić information content (AvgIpc) is 3.68. The Bertz CT molecular complexity index is 1300. The quantitative estimate of drug-likeness (QED) is 0.416. The van der Waals surface area contributed by atoms with Crippen molar-refractivity contribution in [2.75, 3.05) is 6.61 Å². The van der Waals surface area contributed by atoms with Crippen molar-refractivity contribution in [3.8, 4) is 5.75 Å². The van der Waals surface area contributed by atoms with Crippen LogP contribution in [0.5, 0.6) is 5.75 Å². The molecule has 2 atom stereocenters. The molecule has 180 valence electrons. The summed E-state index contributed by atoms with van der Waals surface area (Å²) in [6, 6.07) is 9.44. The molecular weight excluding hydrogens is 467 g/mol. The maximum Gasteiger partial charge on any atom is 0.298 e. The van der Waals surface area contributed by atoms with Crippen LogP contribution >= 0.6 is 0 Å². The predicted molar refractivity (Wildman–Crippen MR) is 121 cm³/mol. The Morgan fingerprint density at radius 1 is 1.24 bits per heavy atom. The molecule has 0 aliphatic heterocycles. The first-order valence-electron chi connectivity index (χ1n) is 11.2. The second-order valence-electron chi connectivity index (χ2n) is 9.33. The molecule has 1 amide bonds. The number of hydrogen-bond donors (Lipinski definition) is 1. The van der Waals surface area contributed by atoms with Gasteiger partial charge in [-0.15, -0.1) is 0 Å². The van der Waals surface area contributed by atoms with Crippen LogP contribution in [-0.4, -0.2) is 22.6 Å². The fraction of sp³-hybridized carbons (Fsp3) is 0.400. The third kappa shape index (κ3) is 4.58. The topological polar surface area (TPSA) is 68.5 Å². The molecule has 2 aliphatic carbocycles. The molecule has 2 fully saturated rings. The van der Waals surface area contributed by atoms with E-state index in [1.165, 1.54) is 12.1 Å². The summed E-state index contributed by atoms with van der Waals surface area (Å²) in [5, 5.41) is 0.177. The van der Waals surface area contributed by atoms with Gasteiger partial charge in [-0.2, -0.15) is 0 Å². The summed E-state index contributed by atoms with van der Waals surface area (Å²) in [6.45, 7) is 3.69. The van der Waals surface area contributed by atoms with Gasteiger partial charge in [0.15, 0.2) is 16.7 Å². The third-order valence-corrected chi connectivity index (χ3v) is 7.39. The Hall–Kier alpha value is -2.81. The van der Waals surface area contributed by atoms with Crippen LogP contribution in [0.3, 0.4) is 0 Å². The number of benzene rings is 2. The molecule has 0 bridgehead atoms. The molecule has 2 aliphatic rings. The van der Waals surface area contributed by atoms with Gasteiger partial charge in [0.25, 0.3) is 11.8 Å². The van der Waals surface area contributed by atoms with Crippen LogP contribution in [0.25, 0.3) is 11.0 Å². The molecule has 2 unspecified atom stereocenters. The van der Waals surface area contributed by atoms with E-state index in [0.717, 1.165) is 24.0 Å². The number of carbonyl (C=O) groups is 1. The number of fused-ring (bicyclic) bond motifs is 1. The Labute approximate surface area is 197 Å². The Morgan fingerprint density at radius 3 is 2.62 bits per heavy atom. The number of alkyl halides is 2. The maximum absolute atomic E-state index is 14.5. The summed E-state index contributed by atoms with van der Waals surface area (Å²) in [5.41, 5.74) is 1.94. The van der Waals surface area contributed by atoms with Gasteiger partial charge in [0.05, 0.1) is 17.9 Å². The highest BCUT2D eigenvalue weighted by Crippen LogP contribution is 2.48. The van der Waals surface area contributed by atoms with Gasteiger partial charge in [0.2, 0.25) is 0 Å². The van der Waals surface area contributed by atoms with Gasteiger partial charge in [-0.05, 0) is 60.1 Å². The van der Waals surface area contributed by atoms with Crippen LogP contribution in [0, 0.1) is 11.7 Å². The van der Waals surface area contributed by atoms with E-state index < -0.39 is 34.6 Å². The van der Waals surface area contributed by atoms with E-state index in [2.05, 4.69) is 4.72 Å². The van der Waals surface area contributed by atoms with Crippen molar-refractivity contribution >= 4 is 27.9 Å². The van der Waals surface area contributed by atoms with Crippen molar-refractivity contribution < 1.29 is 31.3 Å². The summed E-state index contributed by atoms with van der Waals surface area (Å²) < 4.78 is 67.5.